The average molecular weight is 242 g/mol. The first-order valence-corrected chi connectivity index (χ1v) is 6.47. The number of nitrogens with zero attached hydrogens (tertiary/aromatic N) is 1. The second-order valence-electron chi connectivity index (χ2n) is 4.18. The van der Waals surface area contributed by atoms with Crippen molar-refractivity contribution in [1.29, 1.82) is 5.26 Å². The molecule has 0 bridgehead atoms. The van der Waals surface area contributed by atoms with Crippen molar-refractivity contribution in [1.82, 2.24) is 5.32 Å². The molecule has 100 valence electrons. The lowest BCUT2D eigenvalue weighted by molar-refractivity contribution is 0.0666. The van der Waals surface area contributed by atoms with Gasteiger partial charge in [0.15, 0.2) is 0 Å². The van der Waals surface area contributed by atoms with Crippen LogP contribution in [0, 0.1) is 11.3 Å². The van der Waals surface area contributed by atoms with Gasteiger partial charge in [0.1, 0.15) is 5.54 Å². The van der Waals surface area contributed by atoms with E-state index in [0.717, 1.165) is 32.2 Å². The number of ether oxygens (including phenoxy) is 2. The van der Waals surface area contributed by atoms with Crippen LogP contribution in [0.5, 0.6) is 0 Å². The predicted octanol–water partition coefficient (Wildman–Crippen LogP) is 2.10. The third-order valence-corrected chi connectivity index (χ3v) is 2.85. The first-order chi connectivity index (χ1) is 8.24. The highest BCUT2D eigenvalue weighted by molar-refractivity contribution is 5.05. The minimum atomic E-state index is -0.374. The van der Waals surface area contributed by atoms with Crippen molar-refractivity contribution in [2.24, 2.45) is 0 Å². The standard InChI is InChI=1S/C13H26N2O2/c1-4-8-15-13(5-2,12-14)7-6-9-17-11-10-16-3/h15H,4-11H2,1-3H3. The van der Waals surface area contributed by atoms with E-state index in [4.69, 9.17) is 9.47 Å². The molecule has 1 N–H and O–H groups in total. The van der Waals surface area contributed by atoms with Gasteiger partial charge in [-0.15, -0.1) is 0 Å². The van der Waals surface area contributed by atoms with Crippen molar-refractivity contribution in [3.63, 3.8) is 0 Å². The van der Waals surface area contributed by atoms with Gasteiger partial charge in [0.25, 0.3) is 0 Å². The van der Waals surface area contributed by atoms with E-state index in [9.17, 15) is 5.26 Å². The third-order valence-electron chi connectivity index (χ3n) is 2.85. The summed E-state index contributed by atoms with van der Waals surface area (Å²) in [6.45, 7) is 7.01. The Morgan fingerprint density at radius 3 is 2.53 bits per heavy atom. The second kappa shape index (κ2) is 10.5. The molecule has 0 aliphatic rings. The van der Waals surface area contributed by atoms with Gasteiger partial charge in [-0.1, -0.05) is 13.8 Å². The lowest BCUT2D eigenvalue weighted by atomic mass is 9.92. The van der Waals surface area contributed by atoms with E-state index in [2.05, 4.69) is 25.2 Å². The van der Waals surface area contributed by atoms with Crippen LogP contribution < -0.4 is 5.32 Å². The van der Waals surface area contributed by atoms with Crippen LogP contribution in [-0.4, -0.2) is 39.0 Å². The van der Waals surface area contributed by atoms with Gasteiger partial charge in [-0.2, -0.15) is 5.26 Å². The summed E-state index contributed by atoms with van der Waals surface area (Å²) < 4.78 is 10.3. The van der Waals surface area contributed by atoms with Crippen LogP contribution in [0.25, 0.3) is 0 Å². The monoisotopic (exact) mass is 242 g/mol. The summed E-state index contributed by atoms with van der Waals surface area (Å²) in [5, 5.41) is 12.6. The molecule has 17 heavy (non-hydrogen) atoms. The number of hydrogen-bond donors (Lipinski definition) is 1. The molecule has 4 nitrogen and oxygen atoms in total. The number of rotatable bonds is 11. The van der Waals surface area contributed by atoms with Crippen LogP contribution in [0.4, 0.5) is 0 Å². The van der Waals surface area contributed by atoms with E-state index >= 15 is 0 Å². The van der Waals surface area contributed by atoms with Crippen LogP contribution in [0.2, 0.25) is 0 Å². The molecule has 0 aromatic heterocycles. The van der Waals surface area contributed by atoms with Crippen molar-refractivity contribution in [2.45, 2.75) is 45.1 Å². The Balaban J connectivity index is 3.81. The van der Waals surface area contributed by atoms with E-state index in [-0.39, 0.29) is 5.54 Å². The van der Waals surface area contributed by atoms with Gasteiger partial charge >= 0.3 is 0 Å². The molecule has 0 saturated carbocycles. The van der Waals surface area contributed by atoms with E-state index in [1.165, 1.54) is 0 Å². The summed E-state index contributed by atoms with van der Waals surface area (Å²) in [5.74, 6) is 0. The van der Waals surface area contributed by atoms with Crippen molar-refractivity contribution >= 4 is 0 Å². The molecule has 1 unspecified atom stereocenters. The first-order valence-electron chi connectivity index (χ1n) is 6.47. The molecule has 0 aromatic rings. The Labute approximate surface area is 105 Å². The average Bonchev–Trinajstić information content (AvgIpc) is 2.38. The smallest absolute Gasteiger partial charge is 0.106 e. The topological polar surface area (TPSA) is 54.3 Å². The zero-order valence-corrected chi connectivity index (χ0v) is 11.4. The summed E-state index contributed by atoms with van der Waals surface area (Å²) >= 11 is 0. The lowest BCUT2D eigenvalue weighted by Gasteiger charge is -2.26. The number of hydrogen-bond acceptors (Lipinski definition) is 4. The van der Waals surface area contributed by atoms with Crippen molar-refractivity contribution in [2.75, 3.05) is 33.5 Å². The maximum atomic E-state index is 9.27. The lowest BCUT2D eigenvalue weighted by Crippen LogP contribution is -2.44. The molecule has 0 aromatic carbocycles. The second-order valence-corrected chi connectivity index (χ2v) is 4.18. The molecular weight excluding hydrogens is 216 g/mol. The van der Waals surface area contributed by atoms with Crippen molar-refractivity contribution < 1.29 is 9.47 Å². The van der Waals surface area contributed by atoms with E-state index in [1.54, 1.807) is 7.11 Å². The number of nitriles is 1. The molecule has 0 aliphatic heterocycles. The molecule has 0 radical (unpaired) electrons. The molecule has 4 heteroatoms. The summed E-state index contributed by atoms with van der Waals surface area (Å²) in [4.78, 5) is 0. The van der Waals surface area contributed by atoms with Gasteiger partial charge in [-0.3, -0.25) is 5.32 Å². The van der Waals surface area contributed by atoms with E-state index in [1.807, 2.05) is 0 Å². The minimum absolute atomic E-state index is 0.374. The number of methoxy groups -OCH3 is 1. The third kappa shape index (κ3) is 7.32. The van der Waals surface area contributed by atoms with Crippen LogP contribution in [0.1, 0.15) is 39.5 Å². The Morgan fingerprint density at radius 1 is 1.24 bits per heavy atom. The first kappa shape index (κ1) is 16.4. The van der Waals surface area contributed by atoms with Crippen molar-refractivity contribution in [3.05, 3.63) is 0 Å². The normalized spacial score (nSPS) is 14.2. The highest BCUT2D eigenvalue weighted by Crippen LogP contribution is 2.16. The highest BCUT2D eigenvalue weighted by Gasteiger charge is 2.25. The molecule has 0 amide bonds. The zero-order chi connectivity index (χ0) is 13.0. The van der Waals surface area contributed by atoms with Gasteiger partial charge in [0.05, 0.1) is 19.3 Å². The van der Waals surface area contributed by atoms with Crippen LogP contribution >= 0.6 is 0 Å². The fourth-order valence-electron chi connectivity index (χ4n) is 1.65. The molecule has 1 atom stereocenters. The Bertz CT molecular complexity index is 216. The highest BCUT2D eigenvalue weighted by atomic mass is 16.5. The van der Waals surface area contributed by atoms with Gasteiger partial charge in [0.2, 0.25) is 0 Å². The van der Waals surface area contributed by atoms with Crippen LogP contribution in [-0.2, 0) is 9.47 Å². The Morgan fingerprint density at radius 2 is 2.00 bits per heavy atom. The maximum Gasteiger partial charge on any atom is 0.106 e. The van der Waals surface area contributed by atoms with Gasteiger partial charge < -0.3 is 9.47 Å². The largest absolute Gasteiger partial charge is 0.382 e. The summed E-state index contributed by atoms with van der Waals surface area (Å²) in [6.07, 6.45) is 3.63. The van der Waals surface area contributed by atoms with E-state index < -0.39 is 0 Å². The molecule has 0 aliphatic carbocycles. The van der Waals surface area contributed by atoms with Crippen LogP contribution in [0.3, 0.4) is 0 Å². The SMILES string of the molecule is CCCNC(C#N)(CC)CCCOCCOC. The molecule has 0 rings (SSSR count). The fraction of sp³-hybridized carbons (Fsp3) is 0.923. The maximum absolute atomic E-state index is 9.27. The molecule has 0 saturated heterocycles. The summed E-state index contributed by atoms with van der Waals surface area (Å²) in [5.41, 5.74) is -0.374. The van der Waals surface area contributed by atoms with Crippen molar-refractivity contribution in [3.8, 4) is 6.07 Å². The Kier molecular flexibility index (Phi) is 10.1. The van der Waals surface area contributed by atoms with Gasteiger partial charge in [-0.05, 0) is 32.2 Å². The predicted molar refractivity (Wildman–Crippen MR) is 68.9 cm³/mol. The number of nitrogens with one attached hydrogen (secondary N) is 1. The quantitative estimate of drug-likeness (QED) is 0.564. The van der Waals surface area contributed by atoms with E-state index in [0.29, 0.717) is 19.8 Å². The summed E-state index contributed by atoms with van der Waals surface area (Å²) in [6, 6.07) is 2.41. The summed E-state index contributed by atoms with van der Waals surface area (Å²) in [7, 11) is 1.66. The molecule has 0 heterocycles. The minimum Gasteiger partial charge on any atom is -0.382 e. The molecular formula is C13H26N2O2. The Hall–Kier alpha value is -0.630. The molecule has 0 spiro atoms. The van der Waals surface area contributed by atoms with Gasteiger partial charge in [-0.25, -0.2) is 0 Å². The van der Waals surface area contributed by atoms with Crippen LogP contribution in [0.15, 0.2) is 0 Å². The molecule has 0 fully saturated rings. The van der Waals surface area contributed by atoms with Gasteiger partial charge in [0, 0.05) is 13.7 Å². The fourth-order valence-corrected chi connectivity index (χ4v) is 1.65. The zero-order valence-electron chi connectivity index (χ0n) is 11.4.